The molecule has 164 valence electrons. The van der Waals surface area contributed by atoms with Gasteiger partial charge in [-0.2, -0.15) is 0 Å². The van der Waals surface area contributed by atoms with E-state index in [1.165, 1.54) is 4.90 Å². The van der Waals surface area contributed by atoms with Crippen LogP contribution in [0.3, 0.4) is 0 Å². The zero-order valence-electron chi connectivity index (χ0n) is 17.9. The molecule has 3 saturated heterocycles. The first-order valence-electron chi connectivity index (χ1n) is 10.5. The highest BCUT2D eigenvalue weighted by molar-refractivity contribution is 6.05. The molecule has 2 aromatic heterocycles. The first-order chi connectivity index (χ1) is 14.7. The van der Waals surface area contributed by atoms with E-state index in [4.69, 9.17) is 4.74 Å². The first-order valence-corrected chi connectivity index (χ1v) is 10.5. The van der Waals surface area contributed by atoms with Gasteiger partial charge in [0.2, 0.25) is 5.91 Å². The van der Waals surface area contributed by atoms with Gasteiger partial charge in [-0.15, -0.1) is 0 Å². The first kappa shape index (κ1) is 19.7. The maximum atomic E-state index is 12.5. The molecule has 0 radical (unpaired) electrons. The summed E-state index contributed by atoms with van der Waals surface area (Å²) in [7, 11) is 0. The number of aromatic nitrogens is 2. The fourth-order valence-corrected chi connectivity index (χ4v) is 4.70. The lowest BCUT2D eigenvalue weighted by molar-refractivity contribution is -0.120. The molecule has 3 aliphatic heterocycles. The topological polar surface area (TPSA) is 99.5 Å². The van der Waals surface area contributed by atoms with Crippen molar-refractivity contribution in [2.75, 3.05) is 29.4 Å². The summed E-state index contributed by atoms with van der Waals surface area (Å²) in [4.78, 5) is 46.5. The number of carbonyl (C=O) groups is 3. The Kier molecular flexibility index (Phi) is 4.35. The van der Waals surface area contributed by atoms with Gasteiger partial charge in [-0.1, -0.05) is 0 Å². The standard InChI is InChI=1S/C21H26N6O4/c1-21(2,3)31-20(30)27-12-13-9-14(27)11-26(13)15-5-4-7-24-17(10-22-18(15)24)25-8-6-16(28)23-19(25)29/h4-5,7,10,13-14H,6,8-9,11-12H2,1-3H3,(H,23,28,29)/t13-,14-/m1/s1. The van der Waals surface area contributed by atoms with Crippen molar-refractivity contribution >= 4 is 35.2 Å². The Morgan fingerprint density at radius 2 is 2.03 bits per heavy atom. The summed E-state index contributed by atoms with van der Waals surface area (Å²) in [6.07, 6.45) is 4.42. The number of piperazine rings is 1. The highest BCUT2D eigenvalue weighted by Gasteiger charge is 2.47. The number of carbonyl (C=O) groups excluding carboxylic acids is 3. The van der Waals surface area contributed by atoms with Gasteiger partial charge in [-0.25, -0.2) is 14.6 Å². The van der Waals surface area contributed by atoms with Crippen LogP contribution in [0.2, 0.25) is 0 Å². The van der Waals surface area contributed by atoms with Crippen LogP contribution in [0.4, 0.5) is 21.1 Å². The van der Waals surface area contributed by atoms with Crippen LogP contribution in [-0.4, -0.2) is 69.6 Å². The Balaban J connectivity index is 1.38. The summed E-state index contributed by atoms with van der Waals surface area (Å²) in [5.41, 5.74) is 1.21. The molecule has 10 nitrogen and oxygen atoms in total. The molecule has 2 atom stereocenters. The lowest BCUT2D eigenvalue weighted by Crippen LogP contribution is -2.50. The van der Waals surface area contributed by atoms with Crippen molar-refractivity contribution in [2.24, 2.45) is 0 Å². The number of amides is 4. The SMILES string of the molecule is CC(C)(C)OC(=O)N1C[C@H]2C[C@@H]1CN2c1cccn2c(N3CCC(=O)NC3=O)cnc12. The van der Waals surface area contributed by atoms with Gasteiger partial charge in [0.1, 0.15) is 11.4 Å². The molecule has 5 heterocycles. The van der Waals surface area contributed by atoms with Crippen LogP contribution in [0.5, 0.6) is 0 Å². The normalized spacial score (nSPS) is 23.6. The molecular formula is C21H26N6O4. The number of rotatable bonds is 2. The second kappa shape index (κ2) is 6.86. The molecule has 3 aliphatic rings. The van der Waals surface area contributed by atoms with Gasteiger partial charge in [0.25, 0.3) is 0 Å². The number of ether oxygens (including phenoxy) is 1. The number of urea groups is 1. The van der Waals surface area contributed by atoms with Crippen LogP contribution >= 0.6 is 0 Å². The molecule has 0 aromatic carbocycles. The van der Waals surface area contributed by atoms with Crippen molar-refractivity contribution in [1.29, 1.82) is 0 Å². The molecule has 0 aliphatic carbocycles. The minimum absolute atomic E-state index is 0.105. The molecule has 0 saturated carbocycles. The number of hydrogen-bond acceptors (Lipinski definition) is 6. The predicted octanol–water partition coefficient (Wildman–Crippen LogP) is 1.98. The maximum Gasteiger partial charge on any atom is 0.410 e. The van der Waals surface area contributed by atoms with E-state index in [9.17, 15) is 14.4 Å². The van der Waals surface area contributed by atoms with Gasteiger partial charge >= 0.3 is 12.1 Å². The average Bonchev–Trinajstić information content (AvgIpc) is 3.40. The largest absolute Gasteiger partial charge is 0.444 e. The second-order valence-electron chi connectivity index (χ2n) is 9.29. The Morgan fingerprint density at radius 1 is 1.23 bits per heavy atom. The molecule has 0 spiro atoms. The molecule has 2 bridgehead atoms. The van der Waals surface area contributed by atoms with Crippen LogP contribution in [0, 0.1) is 0 Å². The molecule has 0 unspecified atom stereocenters. The van der Waals surface area contributed by atoms with Crippen LogP contribution in [0.25, 0.3) is 5.65 Å². The van der Waals surface area contributed by atoms with E-state index < -0.39 is 11.6 Å². The zero-order valence-corrected chi connectivity index (χ0v) is 17.9. The fraction of sp³-hybridized carbons (Fsp3) is 0.524. The number of likely N-dealkylation sites (tertiary alicyclic amines) is 1. The summed E-state index contributed by atoms with van der Waals surface area (Å²) in [5, 5.41) is 2.35. The monoisotopic (exact) mass is 426 g/mol. The van der Waals surface area contributed by atoms with E-state index >= 15 is 0 Å². The summed E-state index contributed by atoms with van der Waals surface area (Å²) in [5.74, 6) is 0.361. The second-order valence-corrected chi connectivity index (χ2v) is 9.29. The molecule has 4 amide bonds. The molecule has 2 aromatic rings. The number of imide groups is 1. The third-order valence-electron chi connectivity index (χ3n) is 6.00. The van der Waals surface area contributed by atoms with Crippen molar-refractivity contribution in [3.63, 3.8) is 0 Å². The highest BCUT2D eigenvalue weighted by Crippen LogP contribution is 2.37. The van der Waals surface area contributed by atoms with E-state index in [-0.39, 0.29) is 30.5 Å². The quantitative estimate of drug-likeness (QED) is 0.788. The number of nitrogens with one attached hydrogen (secondary N) is 1. The number of fused-ring (bicyclic) bond motifs is 3. The van der Waals surface area contributed by atoms with Gasteiger partial charge in [-0.05, 0) is 39.3 Å². The number of nitrogens with zero attached hydrogens (tertiary/aromatic N) is 5. The smallest absolute Gasteiger partial charge is 0.410 e. The molecule has 5 rings (SSSR count). The Morgan fingerprint density at radius 3 is 2.71 bits per heavy atom. The van der Waals surface area contributed by atoms with Crippen LogP contribution < -0.4 is 15.1 Å². The van der Waals surface area contributed by atoms with E-state index in [1.807, 2.05) is 48.4 Å². The summed E-state index contributed by atoms with van der Waals surface area (Å²) < 4.78 is 7.44. The Hall–Kier alpha value is -3.30. The lowest BCUT2D eigenvalue weighted by Gasteiger charge is -2.36. The van der Waals surface area contributed by atoms with Crippen LogP contribution in [-0.2, 0) is 9.53 Å². The van der Waals surface area contributed by atoms with E-state index in [0.29, 0.717) is 25.5 Å². The Bertz CT molecular complexity index is 1070. The zero-order chi connectivity index (χ0) is 21.9. The number of imidazole rings is 1. The van der Waals surface area contributed by atoms with E-state index in [1.54, 1.807) is 6.20 Å². The van der Waals surface area contributed by atoms with Crippen LogP contribution in [0.1, 0.15) is 33.6 Å². The summed E-state index contributed by atoms with van der Waals surface area (Å²) >= 11 is 0. The third kappa shape index (κ3) is 3.35. The molecule has 1 N–H and O–H groups in total. The van der Waals surface area contributed by atoms with E-state index in [0.717, 1.165) is 17.8 Å². The average molecular weight is 426 g/mol. The highest BCUT2D eigenvalue weighted by atomic mass is 16.6. The van der Waals surface area contributed by atoms with Gasteiger partial charge in [-0.3, -0.25) is 19.4 Å². The minimum Gasteiger partial charge on any atom is -0.444 e. The van der Waals surface area contributed by atoms with E-state index in [2.05, 4.69) is 15.2 Å². The summed E-state index contributed by atoms with van der Waals surface area (Å²) in [6.45, 7) is 7.28. The number of pyridine rings is 1. The van der Waals surface area contributed by atoms with Crippen molar-refractivity contribution in [1.82, 2.24) is 19.6 Å². The van der Waals surface area contributed by atoms with Gasteiger partial charge in [0, 0.05) is 38.3 Å². The lowest BCUT2D eigenvalue weighted by atomic mass is 10.2. The molecule has 31 heavy (non-hydrogen) atoms. The van der Waals surface area contributed by atoms with Gasteiger partial charge < -0.3 is 14.5 Å². The third-order valence-corrected chi connectivity index (χ3v) is 6.00. The predicted molar refractivity (Wildman–Crippen MR) is 113 cm³/mol. The fourth-order valence-electron chi connectivity index (χ4n) is 4.70. The number of hydrogen-bond donors (Lipinski definition) is 1. The minimum atomic E-state index is -0.512. The van der Waals surface area contributed by atoms with Gasteiger partial charge in [0.15, 0.2) is 5.65 Å². The van der Waals surface area contributed by atoms with Crippen molar-refractivity contribution in [2.45, 2.75) is 51.3 Å². The van der Waals surface area contributed by atoms with Crippen molar-refractivity contribution in [3.05, 3.63) is 24.5 Å². The summed E-state index contributed by atoms with van der Waals surface area (Å²) in [6, 6.07) is 3.81. The molecular weight excluding hydrogens is 400 g/mol. The van der Waals surface area contributed by atoms with Crippen molar-refractivity contribution < 1.29 is 19.1 Å². The molecule has 10 heteroatoms. The van der Waals surface area contributed by atoms with Crippen molar-refractivity contribution in [3.8, 4) is 0 Å². The molecule has 3 fully saturated rings. The maximum absolute atomic E-state index is 12.5. The van der Waals surface area contributed by atoms with Gasteiger partial charge in [0.05, 0.1) is 17.9 Å². The number of anilines is 2. The Labute approximate surface area is 179 Å². The van der Waals surface area contributed by atoms with Crippen LogP contribution in [0.15, 0.2) is 24.5 Å².